The lowest BCUT2D eigenvalue weighted by Gasteiger charge is -2.19. The zero-order valence-electron chi connectivity index (χ0n) is 13.6. The molecule has 5 N–H and O–H groups in total. The average Bonchev–Trinajstić information content (AvgIpc) is 2.97. The summed E-state index contributed by atoms with van der Waals surface area (Å²) in [5, 5.41) is 6.79. The highest BCUT2D eigenvalue weighted by atomic mass is 32.1. The van der Waals surface area contributed by atoms with Gasteiger partial charge in [-0.25, -0.2) is 4.39 Å². The predicted octanol–water partition coefficient (Wildman–Crippen LogP) is 1.89. The highest BCUT2D eigenvalue weighted by molar-refractivity contribution is 7.14. The third-order valence-corrected chi connectivity index (χ3v) is 4.54. The first-order valence-corrected chi connectivity index (χ1v) is 8.52. The first-order valence-electron chi connectivity index (χ1n) is 7.64. The maximum Gasteiger partial charge on any atom is 0.280 e. The second kappa shape index (κ2) is 8.03. The molecule has 0 aliphatic heterocycles. The van der Waals surface area contributed by atoms with E-state index in [-0.39, 0.29) is 30.2 Å². The molecule has 0 aliphatic rings. The van der Waals surface area contributed by atoms with E-state index in [0.717, 1.165) is 5.56 Å². The monoisotopic (exact) mass is 350 g/mol. The van der Waals surface area contributed by atoms with Crippen LogP contribution in [0.3, 0.4) is 0 Å². The SMILES string of the molecule is CC(C)[C@@H]([NH2+]CC(=O)Nc1sccc1C(N)=O)c1ccc(F)cc1. The van der Waals surface area contributed by atoms with Crippen LogP contribution in [0.5, 0.6) is 0 Å². The van der Waals surface area contributed by atoms with E-state index in [1.54, 1.807) is 23.6 Å². The summed E-state index contributed by atoms with van der Waals surface area (Å²) in [6.45, 7) is 4.29. The fraction of sp³-hybridized carbons (Fsp3) is 0.294. The molecule has 0 bridgehead atoms. The molecule has 128 valence electrons. The van der Waals surface area contributed by atoms with Crippen molar-refractivity contribution >= 4 is 28.2 Å². The van der Waals surface area contributed by atoms with Gasteiger partial charge in [-0.2, -0.15) is 0 Å². The summed E-state index contributed by atoms with van der Waals surface area (Å²) in [6, 6.07) is 7.93. The quantitative estimate of drug-likeness (QED) is 0.712. The van der Waals surface area contributed by atoms with Crippen molar-refractivity contribution in [2.45, 2.75) is 19.9 Å². The van der Waals surface area contributed by atoms with Crippen LogP contribution in [-0.2, 0) is 4.79 Å². The van der Waals surface area contributed by atoms with E-state index in [1.807, 2.05) is 19.2 Å². The van der Waals surface area contributed by atoms with Crippen LogP contribution in [-0.4, -0.2) is 18.4 Å². The number of benzene rings is 1. The third kappa shape index (κ3) is 4.62. The Morgan fingerprint density at radius 3 is 2.50 bits per heavy atom. The number of carbonyl (C=O) groups is 2. The number of rotatable bonds is 7. The van der Waals surface area contributed by atoms with Gasteiger partial charge in [0, 0.05) is 11.5 Å². The Morgan fingerprint density at radius 2 is 1.92 bits per heavy atom. The summed E-state index contributed by atoms with van der Waals surface area (Å²) in [6.07, 6.45) is 0. The van der Waals surface area contributed by atoms with Gasteiger partial charge in [-0.15, -0.1) is 11.3 Å². The summed E-state index contributed by atoms with van der Waals surface area (Å²) in [4.78, 5) is 23.4. The van der Waals surface area contributed by atoms with Crippen molar-refractivity contribution in [3.05, 3.63) is 52.7 Å². The largest absolute Gasteiger partial charge is 0.366 e. The molecule has 0 spiro atoms. The molecule has 0 aliphatic carbocycles. The minimum atomic E-state index is -0.568. The number of amides is 2. The van der Waals surface area contributed by atoms with Crippen molar-refractivity contribution in [1.29, 1.82) is 0 Å². The van der Waals surface area contributed by atoms with Gasteiger partial charge in [0.2, 0.25) is 0 Å². The van der Waals surface area contributed by atoms with Crippen LogP contribution < -0.4 is 16.4 Å². The number of halogens is 1. The molecule has 0 saturated heterocycles. The zero-order valence-corrected chi connectivity index (χ0v) is 14.4. The molecule has 24 heavy (non-hydrogen) atoms. The van der Waals surface area contributed by atoms with Gasteiger partial charge in [0.15, 0.2) is 6.54 Å². The molecule has 1 heterocycles. The molecular weight excluding hydrogens is 329 g/mol. The Kier molecular flexibility index (Phi) is 6.05. The van der Waals surface area contributed by atoms with Crippen LogP contribution in [0.25, 0.3) is 0 Å². The van der Waals surface area contributed by atoms with E-state index >= 15 is 0 Å². The Morgan fingerprint density at radius 1 is 1.25 bits per heavy atom. The van der Waals surface area contributed by atoms with E-state index in [1.165, 1.54) is 23.5 Å². The van der Waals surface area contributed by atoms with Gasteiger partial charge < -0.3 is 16.4 Å². The van der Waals surface area contributed by atoms with E-state index in [2.05, 4.69) is 5.32 Å². The first-order chi connectivity index (χ1) is 11.4. The molecular formula is C17H21FN3O2S+. The van der Waals surface area contributed by atoms with Crippen molar-refractivity contribution in [2.24, 2.45) is 11.7 Å². The number of thiophene rings is 1. The number of carbonyl (C=O) groups excluding carboxylic acids is 2. The molecule has 0 radical (unpaired) electrons. The van der Waals surface area contributed by atoms with Crippen molar-refractivity contribution < 1.29 is 19.3 Å². The molecule has 2 aromatic rings. The van der Waals surface area contributed by atoms with Gasteiger partial charge >= 0.3 is 0 Å². The van der Waals surface area contributed by atoms with E-state index < -0.39 is 5.91 Å². The summed E-state index contributed by atoms with van der Waals surface area (Å²) in [5.41, 5.74) is 6.54. The molecule has 5 nitrogen and oxygen atoms in total. The Hall–Kier alpha value is -2.25. The Bertz CT molecular complexity index is 713. The van der Waals surface area contributed by atoms with E-state index in [9.17, 15) is 14.0 Å². The Labute approximate surface area is 144 Å². The normalized spacial score (nSPS) is 12.2. The van der Waals surface area contributed by atoms with Gasteiger partial charge in [0.1, 0.15) is 16.9 Å². The van der Waals surface area contributed by atoms with E-state index in [4.69, 9.17) is 5.73 Å². The van der Waals surface area contributed by atoms with Crippen LogP contribution in [0.1, 0.15) is 35.8 Å². The Balaban J connectivity index is 1.99. The number of anilines is 1. The van der Waals surface area contributed by atoms with Crippen molar-refractivity contribution in [1.82, 2.24) is 0 Å². The number of quaternary nitrogens is 1. The molecule has 1 atom stereocenters. The minimum absolute atomic E-state index is 0.0373. The predicted molar refractivity (Wildman–Crippen MR) is 92.2 cm³/mol. The van der Waals surface area contributed by atoms with Crippen LogP contribution in [0.2, 0.25) is 0 Å². The molecule has 1 aromatic carbocycles. The number of nitrogens with two attached hydrogens (primary N) is 2. The number of primary amides is 1. The lowest BCUT2D eigenvalue weighted by molar-refractivity contribution is -0.692. The molecule has 1 aromatic heterocycles. The van der Waals surface area contributed by atoms with Crippen molar-refractivity contribution in [3.8, 4) is 0 Å². The second-order valence-electron chi connectivity index (χ2n) is 5.84. The minimum Gasteiger partial charge on any atom is -0.366 e. The molecule has 2 amide bonds. The number of hydrogen-bond donors (Lipinski definition) is 3. The lowest BCUT2D eigenvalue weighted by atomic mass is 9.96. The highest BCUT2D eigenvalue weighted by Crippen LogP contribution is 2.22. The lowest BCUT2D eigenvalue weighted by Crippen LogP contribution is -2.88. The fourth-order valence-electron chi connectivity index (χ4n) is 2.49. The smallest absolute Gasteiger partial charge is 0.280 e. The van der Waals surface area contributed by atoms with E-state index in [0.29, 0.717) is 10.6 Å². The van der Waals surface area contributed by atoms with Crippen LogP contribution in [0.4, 0.5) is 9.39 Å². The highest BCUT2D eigenvalue weighted by Gasteiger charge is 2.21. The van der Waals surface area contributed by atoms with Gasteiger partial charge in [-0.05, 0) is 23.6 Å². The molecule has 2 rings (SSSR count). The van der Waals surface area contributed by atoms with Gasteiger partial charge in [-0.1, -0.05) is 26.0 Å². The van der Waals surface area contributed by atoms with Crippen LogP contribution >= 0.6 is 11.3 Å². The summed E-state index contributed by atoms with van der Waals surface area (Å²) < 4.78 is 13.1. The molecule has 0 saturated carbocycles. The van der Waals surface area contributed by atoms with Crippen LogP contribution in [0, 0.1) is 11.7 Å². The topological polar surface area (TPSA) is 88.8 Å². The maximum atomic E-state index is 13.1. The third-order valence-electron chi connectivity index (χ3n) is 3.71. The molecule has 0 fully saturated rings. The molecule has 7 heteroatoms. The number of nitrogens with one attached hydrogen (secondary N) is 1. The summed E-state index contributed by atoms with van der Waals surface area (Å²) >= 11 is 1.26. The number of hydrogen-bond acceptors (Lipinski definition) is 3. The van der Waals surface area contributed by atoms with Gasteiger partial charge in [0.25, 0.3) is 11.8 Å². The summed E-state index contributed by atoms with van der Waals surface area (Å²) in [7, 11) is 0. The van der Waals surface area contributed by atoms with Gasteiger partial charge in [-0.3, -0.25) is 9.59 Å². The van der Waals surface area contributed by atoms with Crippen molar-refractivity contribution in [3.63, 3.8) is 0 Å². The average molecular weight is 350 g/mol. The van der Waals surface area contributed by atoms with Crippen LogP contribution in [0.15, 0.2) is 35.7 Å². The maximum absolute atomic E-state index is 13.1. The molecule has 0 unspecified atom stereocenters. The summed E-state index contributed by atoms with van der Waals surface area (Å²) in [5.74, 6) is -0.795. The van der Waals surface area contributed by atoms with Crippen molar-refractivity contribution in [2.75, 3.05) is 11.9 Å². The standard InChI is InChI=1S/C17H20FN3O2S/c1-10(2)15(11-3-5-12(18)6-4-11)20-9-14(22)21-17-13(16(19)23)7-8-24-17/h3-8,10,15,20H,9H2,1-2H3,(H2,19,23)(H,21,22)/p+1/t15-/m1/s1. The van der Waals surface area contributed by atoms with Gasteiger partial charge in [0.05, 0.1) is 5.56 Å². The fourth-order valence-corrected chi connectivity index (χ4v) is 3.30. The first kappa shape index (κ1) is 18.1. The zero-order chi connectivity index (χ0) is 17.7. The second-order valence-corrected chi connectivity index (χ2v) is 6.75.